The fraction of sp³-hybridized carbons (Fsp3) is 0.333. The van der Waals surface area contributed by atoms with Crippen molar-refractivity contribution in [1.29, 1.82) is 0 Å². The van der Waals surface area contributed by atoms with Gasteiger partial charge in [0.15, 0.2) is 0 Å². The van der Waals surface area contributed by atoms with Gasteiger partial charge in [-0.05, 0) is 44.4 Å². The van der Waals surface area contributed by atoms with Crippen molar-refractivity contribution in [3.8, 4) is 0 Å². The lowest BCUT2D eigenvalue weighted by atomic mass is 10.2. The molecule has 0 spiro atoms. The minimum absolute atomic E-state index is 0.968. The highest BCUT2D eigenvalue weighted by molar-refractivity contribution is 7.09. The molecule has 23 heavy (non-hydrogen) atoms. The van der Waals surface area contributed by atoms with Gasteiger partial charge in [0, 0.05) is 4.88 Å². The lowest BCUT2D eigenvalue weighted by molar-refractivity contribution is 0.534. The van der Waals surface area contributed by atoms with Crippen LogP contribution in [0.3, 0.4) is 0 Å². The van der Waals surface area contributed by atoms with E-state index in [1.54, 1.807) is 17.6 Å². The van der Waals surface area contributed by atoms with Crippen LogP contribution in [0.15, 0.2) is 70.7 Å². The van der Waals surface area contributed by atoms with Crippen molar-refractivity contribution in [1.82, 2.24) is 0 Å². The van der Waals surface area contributed by atoms with Crippen LogP contribution < -0.4 is 0 Å². The number of furan rings is 1. The Hall–Kier alpha value is -1.80. The van der Waals surface area contributed by atoms with Gasteiger partial charge in [0.1, 0.15) is 5.76 Å². The quantitative estimate of drug-likeness (QED) is 0.411. The highest BCUT2D eigenvalue weighted by Gasteiger charge is 1.76. The maximum absolute atomic E-state index is 4.83. The molecule has 0 unspecified atom stereocenters. The molecule has 0 saturated carbocycles. The molecule has 0 aliphatic rings. The van der Waals surface area contributed by atoms with E-state index in [9.17, 15) is 0 Å². The molecule has 3 rings (SSSR count). The Balaban J connectivity index is 0. The van der Waals surface area contributed by atoms with E-state index in [2.05, 4.69) is 43.5 Å². The number of thiophene rings is 1. The first-order valence-corrected chi connectivity index (χ1v) is 9.08. The van der Waals surface area contributed by atoms with Crippen molar-refractivity contribution in [2.24, 2.45) is 0 Å². The molecular weight excluding hydrogens is 300 g/mol. The molecule has 2 heteroatoms. The average molecular weight is 333 g/mol. The molecular formula is C21H32OS. The van der Waals surface area contributed by atoms with E-state index in [0.29, 0.717) is 0 Å². The fourth-order valence-electron chi connectivity index (χ4n) is 1.26. The molecule has 0 atom stereocenters. The summed E-state index contributed by atoms with van der Waals surface area (Å²) >= 11 is 1.78. The fourth-order valence-corrected chi connectivity index (χ4v) is 1.78. The van der Waals surface area contributed by atoms with E-state index in [1.807, 2.05) is 65.0 Å². The Labute approximate surface area is 147 Å². The van der Waals surface area contributed by atoms with Gasteiger partial charge in [0.2, 0.25) is 0 Å². The van der Waals surface area contributed by atoms with Crippen LogP contribution in [-0.2, 0) is 0 Å². The first-order chi connectivity index (χ1) is 11.2. The third-order valence-electron chi connectivity index (χ3n) is 2.27. The van der Waals surface area contributed by atoms with Crippen molar-refractivity contribution in [3.63, 3.8) is 0 Å². The third kappa shape index (κ3) is 16.4. The van der Waals surface area contributed by atoms with Gasteiger partial charge in [0.05, 0.1) is 6.26 Å². The second kappa shape index (κ2) is 18.2. The summed E-state index contributed by atoms with van der Waals surface area (Å²) in [5.41, 5.74) is 1.32. The van der Waals surface area contributed by atoms with E-state index in [0.717, 1.165) is 5.76 Å². The van der Waals surface area contributed by atoms with Crippen molar-refractivity contribution in [3.05, 3.63) is 82.4 Å². The Morgan fingerprint density at radius 3 is 1.48 bits per heavy atom. The van der Waals surface area contributed by atoms with Crippen LogP contribution >= 0.6 is 11.3 Å². The molecule has 0 radical (unpaired) electrons. The largest absolute Gasteiger partial charge is 0.470 e. The molecule has 0 bridgehead atoms. The SMILES string of the molecule is CC.CC.Cc1ccccc1.Cc1ccco1.Cc1cccs1. The van der Waals surface area contributed by atoms with Crippen LogP contribution in [0.25, 0.3) is 0 Å². The molecule has 0 aliphatic heterocycles. The minimum atomic E-state index is 0.968. The van der Waals surface area contributed by atoms with E-state index >= 15 is 0 Å². The topological polar surface area (TPSA) is 13.1 Å². The molecule has 0 aliphatic carbocycles. The van der Waals surface area contributed by atoms with Gasteiger partial charge >= 0.3 is 0 Å². The molecule has 0 fully saturated rings. The van der Waals surface area contributed by atoms with Gasteiger partial charge < -0.3 is 4.42 Å². The summed E-state index contributed by atoms with van der Waals surface area (Å²) in [5, 5.41) is 2.08. The van der Waals surface area contributed by atoms with Crippen LogP contribution in [0.2, 0.25) is 0 Å². The van der Waals surface area contributed by atoms with Crippen LogP contribution in [0, 0.1) is 20.8 Å². The van der Waals surface area contributed by atoms with E-state index < -0.39 is 0 Å². The standard InChI is InChI=1S/C7H8.C5H6O.C5H6S.2C2H6/c1-7-5-3-2-4-6-7;2*1-5-3-2-4-6-5;2*1-2/h2-6H,1H3;2*2-4H,1H3;2*1-2H3. The van der Waals surface area contributed by atoms with Gasteiger partial charge in [-0.15, -0.1) is 11.3 Å². The van der Waals surface area contributed by atoms with E-state index in [4.69, 9.17) is 4.42 Å². The summed E-state index contributed by atoms with van der Waals surface area (Å²) in [6.07, 6.45) is 1.66. The zero-order valence-electron chi connectivity index (χ0n) is 15.7. The van der Waals surface area contributed by atoms with Gasteiger partial charge in [-0.1, -0.05) is 69.7 Å². The van der Waals surface area contributed by atoms with Gasteiger partial charge in [0.25, 0.3) is 0 Å². The van der Waals surface area contributed by atoms with Crippen LogP contribution in [0.5, 0.6) is 0 Å². The van der Waals surface area contributed by atoms with Crippen molar-refractivity contribution < 1.29 is 4.42 Å². The third-order valence-corrected chi connectivity index (χ3v) is 3.07. The number of aryl methyl sites for hydroxylation is 3. The lowest BCUT2D eigenvalue weighted by Gasteiger charge is -1.82. The summed E-state index contributed by atoms with van der Waals surface area (Å²) in [6.45, 7) is 14.1. The Bertz CT molecular complexity index is 478. The molecule has 2 aromatic heterocycles. The van der Waals surface area contributed by atoms with E-state index in [-0.39, 0.29) is 0 Å². The molecule has 0 amide bonds. The number of rotatable bonds is 0. The van der Waals surface area contributed by atoms with Gasteiger partial charge in [-0.2, -0.15) is 0 Å². The molecule has 1 nitrogen and oxygen atoms in total. The smallest absolute Gasteiger partial charge is 0.100 e. The second-order valence-corrected chi connectivity index (χ2v) is 5.25. The Morgan fingerprint density at radius 2 is 1.30 bits per heavy atom. The lowest BCUT2D eigenvalue weighted by Crippen LogP contribution is -1.62. The predicted molar refractivity (Wildman–Crippen MR) is 106 cm³/mol. The molecule has 128 valence electrons. The van der Waals surface area contributed by atoms with Crippen molar-refractivity contribution in [2.45, 2.75) is 48.5 Å². The summed E-state index contributed by atoms with van der Waals surface area (Å²) in [4.78, 5) is 1.38. The monoisotopic (exact) mass is 332 g/mol. The zero-order valence-corrected chi connectivity index (χ0v) is 16.5. The maximum Gasteiger partial charge on any atom is 0.100 e. The minimum Gasteiger partial charge on any atom is -0.470 e. The van der Waals surface area contributed by atoms with Crippen molar-refractivity contribution in [2.75, 3.05) is 0 Å². The highest BCUT2D eigenvalue weighted by atomic mass is 32.1. The summed E-state index contributed by atoms with van der Waals surface area (Å²) in [6, 6.07) is 18.2. The predicted octanol–water partition coefficient (Wildman–Crippen LogP) is 7.69. The van der Waals surface area contributed by atoms with Crippen molar-refractivity contribution >= 4 is 11.3 Å². The summed E-state index contributed by atoms with van der Waals surface area (Å²) in [5.74, 6) is 0.968. The first-order valence-electron chi connectivity index (χ1n) is 8.20. The molecule has 1 aromatic carbocycles. The molecule has 0 saturated heterocycles. The Morgan fingerprint density at radius 1 is 0.696 bits per heavy atom. The van der Waals surface area contributed by atoms with Crippen LogP contribution in [0.1, 0.15) is 43.9 Å². The highest BCUT2D eigenvalue weighted by Crippen LogP contribution is 2.03. The van der Waals surface area contributed by atoms with Crippen LogP contribution in [0.4, 0.5) is 0 Å². The Kier molecular flexibility index (Phi) is 18.6. The second-order valence-electron chi connectivity index (χ2n) is 4.10. The molecule has 0 N–H and O–H groups in total. The zero-order chi connectivity index (χ0) is 17.9. The first kappa shape index (κ1) is 23.5. The maximum atomic E-state index is 4.83. The van der Waals surface area contributed by atoms with Gasteiger partial charge in [-0.25, -0.2) is 0 Å². The number of hydrogen-bond donors (Lipinski definition) is 0. The molecule has 2 heterocycles. The summed E-state index contributed by atoms with van der Waals surface area (Å²) in [7, 11) is 0. The van der Waals surface area contributed by atoms with E-state index in [1.165, 1.54) is 10.4 Å². The number of benzene rings is 1. The number of hydrogen-bond acceptors (Lipinski definition) is 2. The molecule has 3 aromatic rings. The van der Waals surface area contributed by atoms with Gasteiger partial charge in [-0.3, -0.25) is 0 Å². The average Bonchev–Trinajstić information content (AvgIpc) is 3.27. The summed E-state index contributed by atoms with van der Waals surface area (Å²) < 4.78 is 4.83. The van der Waals surface area contributed by atoms with Crippen LogP contribution in [-0.4, -0.2) is 0 Å². The normalized spacial score (nSPS) is 7.78.